The molecule has 0 radical (unpaired) electrons. The second kappa shape index (κ2) is 5.27. The summed E-state index contributed by atoms with van der Waals surface area (Å²) in [7, 11) is 1.67. The SMILES string of the molecule is CN(CCCO)c1ccc(N)c(C(F)(F)F)c1. The normalized spacial score (nSPS) is 11.6. The highest BCUT2D eigenvalue weighted by atomic mass is 19.4. The fraction of sp³-hybridized carbons (Fsp3) is 0.455. The molecule has 0 spiro atoms. The van der Waals surface area contributed by atoms with Crippen molar-refractivity contribution in [2.75, 3.05) is 30.8 Å². The number of anilines is 2. The standard InChI is InChI=1S/C11H15F3N2O/c1-16(5-2-6-17)8-3-4-10(15)9(7-8)11(12,13)14/h3-4,7,17H,2,5-6,15H2,1H3. The second-order valence-electron chi connectivity index (χ2n) is 3.77. The fourth-order valence-electron chi connectivity index (χ4n) is 1.46. The van der Waals surface area contributed by atoms with Crippen LogP contribution in [-0.2, 0) is 6.18 Å². The summed E-state index contributed by atoms with van der Waals surface area (Å²) >= 11 is 0. The van der Waals surface area contributed by atoms with Crippen LogP contribution in [0.15, 0.2) is 18.2 Å². The molecule has 0 amide bonds. The van der Waals surface area contributed by atoms with Crippen LogP contribution in [0.25, 0.3) is 0 Å². The molecule has 0 aliphatic rings. The van der Waals surface area contributed by atoms with Crippen molar-refractivity contribution in [3.8, 4) is 0 Å². The number of rotatable bonds is 4. The van der Waals surface area contributed by atoms with E-state index in [4.69, 9.17) is 10.8 Å². The van der Waals surface area contributed by atoms with Gasteiger partial charge in [-0.25, -0.2) is 0 Å². The molecule has 0 bridgehead atoms. The van der Waals surface area contributed by atoms with Crippen molar-refractivity contribution >= 4 is 11.4 Å². The molecule has 1 aromatic rings. The van der Waals surface area contributed by atoms with E-state index in [9.17, 15) is 13.2 Å². The first-order valence-electron chi connectivity index (χ1n) is 5.15. The molecular formula is C11H15F3N2O. The Balaban J connectivity index is 2.96. The molecule has 6 heteroatoms. The summed E-state index contributed by atoms with van der Waals surface area (Å²) in [5.74, 6) is 0. The predicted octanol–water partition coefficient (Wildman–Crippen LogP) is 2.11. The summed E-state index contributed by atoms with van der Waals surface area (Å²) in [5.41, 5.74) is 4.62. The highest BCUT2D eigenvalue weighted by Crippen LogP contribution is 2.35. The van der Waals surface area contributed by atoms with Crippen molar-refractivity contribution in [2.45, 2.75) is 12.6 Å². The molecule has 1 rings (SSSR count). The smallest absolute Gasteiger partial charge is 0.398 e. The Hall–Kier alpha value is -1.43. The quantitative estimate of drug-likeness (QED) is 0.802. The van der Waals surface area contributed by atoms with E-state index in [0.29, 0.717) is 18.7 Å². The zero-order valence-electron chi connectivity index (χ0n) is 9.46. The maximum atomic E-state index is 12.6. The molecule has 0 aliphatic carbocycles. The third-order valence-electron chi connectivity index (χ3n) is 2.43. The third kappa shape index (κ3) is 3.52. The van der Waals surface area contributed by atoms with Crippen LogP contribution in [0.2, 0.25) is 0 Å². The van der Waals surface area contributed by atoms with Gasteiger partial charge in [0.15, 0.2) is 0 Å². The van der Waals surface area contributed by atoms with Crippen molar-refractivity contribution in [2.24, 2.45) is 0 Å². The van der Waals surface area contributed by atoms with Gasteiger partial charge in [-0.3, -0.25) is 0 Å². The molecule has 0 heterocycles. The van der Waals surface area contributed by atoms with Gasteiger partial charge < -0.3 is 15.7 Å². The molecule has 0 saturated heterocycles. The number of nitrogens with zero attached hydrogens (tertiary/aromatic N) is 1. The highest BCUT2D eigenvalue weighted by Gasteiger charge is 2.33. The maximum Gasteiger partial charge on any atom is 0.418 e. The van der Waals surface area contributed by atoms with Crippen molar-refractivity contribution in [3.05, 3.63) is 23.8 Å². The number of benzene rings is 1. The van der Waals surface area contributed by atoms with E-state index in [1.165, 1.54) is 12.1 Å². The Morgan fingerprint density at radius 1 is 1.35 bits per heavy atom. The van der Waals surface area contributed by atoms with Crippen LogP contribution in [0.4, 0.5) is 24.5 Å². The van der Waals surface area contributed by atoms with Crippen molar-refractivity contribution in [1.82, 2.24) is 0 Å². The van der Waals surface area contributed by atoms with E-state index in [0.717, 1.165) is 6.07 Å². The second-order valence-corrected chi connectivity index (χ2v) is 3.77. The molecule has 0 unspecified atom stereocenters. The first-order chi connectivity index (χ1) is 7.86. The third-order valence-corrected chi connectivity index (χ3v) is 2.43. The number of aliphatic hydroxyl groups excluding tert-OH is 1. The Kier molecular flexibility index (Phi) is 4.22. The summed E-state index contributed by atoms with van der Waals surface area (Å²) < 4.78 is 37.8. The average molecular weight is 248 g/mol. The molecule has 0 aromatic heterocycles. The van der Waals surface area contributed by atoms with Crippen LogP contribution in [0.5, 0.6) is 0 Å². The van der Waals surface area contributed by atoms with E-state index >= 15 is 0 Å². The van der Waals surface area contributed by atoms with Gasteiger partial charge in [-0.05, 0) is 24.6 Å². The topological polar surface area (TPSA) is 49.5 Å². The summed E-state index contributed by atoms with van der Waals surface area (Å²) in [4.78, 5) is 1.64. The van der Waals surface area contributed by atoms with Crippen LogP contribution >= 0.6 is 0 Å². The van der Waals surface area contributed by atoms with Crippen LogP contribution in [-0.4, -0.2) is 25.3 Å². The molecule has 96 valence electrons. The van der Waals surface area contributed by atoms with Crippen LogP contribution in [0.3, 0.4) is 0 Å². The predicted molar refractivity (Wildman–Crippen MR) is 60.8 cm³/mol. The number of aliphatic hydroxyl groups is 1. The van der Waals surface area contributed by atoms with Crippen molar-refractivity contribution in [1.29, 1.82) is 0 Å². The van der Waals surface area contributed by atoms with Crippen LogP contribution in [0, 0.1) is 0 Å². The molecule has 3 nitrogen and oxygen atoms in total. The van der Waals surface area contributed by atoms with E-state index in [1.54, 1.807) is 11.9 Å². The van der Waals surface area contributed by atoms with Gasteiger partial charge in [0.05, 0.1) is 5.56 Å². The van der Waals surface area contributed by atoms with E-state index in [1.807, 2.05) is 0 Å². The lowest BCUT2D eigenvalue weighted by Crippen LogP contribution is -2.20. The first kappa shape index (κ1) is 13.6. The summed E-state index contributed by atoms with van der Waals surface area (Å²) in [6.07, 6.45) is -3.94. The van der Waals surface area contributed by atoms with E-state index < -0.39 is 11.7 Å². The first-order valence-corrected chi connectivity index (χ1v) is 5.15. The molecule has 0 atom stereocenters. The van der Waals surface area contributed by atoms with Gasteiger partial charge >= 0.3 is 6.18 Å². The Bertz CT molecular complexity index is 379. The maximum absolute atomic E-state index is 12.6. The molecule has 0 fully saturated rings. The fourth-order valence-corrected chi connectivity index (χ4v) is 1.46. The molecule has 1 aromatic carbocycles. The molecule has 0 aliphatic heterocycles. The minimum atomic E-state index is -4.45. The van der Waals surface area contributed by atoms with Gasteiger partial charge in [0.2, 0.25) is 0 Å². The van der Waals surface area contributed by atoms with Gasteiger partial charge in [0.1, 0.15) is 0 Å². The summed E-state index contributed by atoms with van der Waals surface area (Å²) in [5, 5.41) is 8.66. The minimum Gasteiger partial charge on any atom is -0.398 e. The lowest BCUT2D eigenvalue weighted by Gasteiger charge is -2.20. The molecule has 17 heavy (non-hydrogen) atoms. The molecular weight excluding hydrogens is 233 g/mol. The molecule has 3 N–H and O–H groups in total. The van der Waals surface area contributed by atoms with Crippen molar-refractivity contribution < 1.29 is 18.3 Å². The number of halogens is 3. The number of nitrogens with two attached hydrogens (primary N) is 1. The zero-order chi connectivity index (χ0) is 13.1. The molecule has 0 saturated carbocycles. The number of hydrogen-bond donors (Lipinski definition) is 2. The van der Waals surface area contributed by atoms with E-state index in [2.05, 4.69) is 0 Å². The lowest BCUT2D eigenvalue weighted by atomic mass is 10.1. The number of hydrogen-bond acceptors (Lipinski definition) is 3. The monoisotopic (exact) mass is 248 g/mol. The average Bonchev–Trinajstić information content (AvgIpc) is 2.25. The van der Waals surface area contributed by atoms with Crippen LogP contribution < -0.4 is 10.6 Å². The number of nitrogen functional groups attached to an aromatic ring is 1. The van der Waals surface area contributed by atoms with Gasteiger partial charge in [0, 0.05) is 31.6 Å². The lowest BCUT2D eigenvalue weighted by molar-refractivity contribution is -0.136. The van der Waals surface area contributed by atoms with Gasteiger partial charge in [-0.1, -0.05) is 0 Å². The number of alkyl halides is 3. The van der Waals surface area contributed by atoms with Gasteiger partial charge in [-0.2, -0.15) is 13.2 Å². The van der Waals surface area contributed by atoms with Gasteiger partial charge in [0.25, 0.3) is 0 Å². The highest BCUT2D eigenvalue weighted by molar-refractivity contribution is 5.59. The van der Waals surface area contributed by atoms with E-state index in [-0.39, 0.29) is 12.3 Å². The summed E-state index contributed by atoms with van der Waals surface area (Å²) in [6.45, 7) is 0.489. The summed E-state index contributed by atoms with van der Waals surface area (Å²) in [6, 6.07) is 3.79. The van der Waals surface area contributed by atoms with Crippen LogP contribution in [0.1, 0.15) is 12.0 Å². The minimum absolute atomic E-state index is 0.00540. The Morgan fingerprint density at radius 2 is 2.00 bits per heavy atom. The largest absolute Gasteiger partial charge is 0.418 e. The zero-order valence-corrected chi connectivity index (χ0v) is 9.46. The van der Waals surface area contributed by atoms with Crippen molar-refractivity contribution in [3.63, 3.8) is 0 Å². The Morgan fingerprint density at radius 3 is 2.53 bits per heavy atom. The van der Waals surface area contributed by atoms with Gasteiger partial charge in [-0.15, -0.1) is 0 Å². The Labute approximate surface area is 97.6 Å².